The predicted octanol–water partition coefficient (Wildman–Crippen LogP) is 4.43. The summed E-state index contributed by atoms with van der Waals surface area (Å²) in [7, 11) is 0. The zero-order valence-corrected chi connectivity index (χ0v) is 10.2. The molecule has 0 saturated heterocycles. The largest absolute Gasteiger partial charge is 0.141 e. The van der Waals surface area contributed by atoms with E-state index in [-0.39, 0.29) is 9.49 Å². The SMILES string of the molecule is C=CC(C)(CC)SC(C)(C=C)CC. The summed E-state index contributed by atoms with van der Waals surface area (Å²) in [5, 5.41) is 0. The Balaban J connectivity index is 4.54. The van der Waals surface area contributed by atoms with Gasteiger partial charge in [-0.2, -0.15) is 0 Å². The highest BCUT2D eigenvalue weighted by molar-refractivity contribution is 8.02. The molecule has 0 rings (SSSR count). The molecule has 0 bridgehead atoms. The lowest BCUT2D eigenvalue weighted by Gasteiger charge is -2.34. The van der Waals surface area contributed by atoms with E-state index in [9.17, 15) is 0 Å². The number of hydrogen-bond acceptors (Lipinski definition) is 1. The standard InChI is InChI=1S/C12H22S/c1-7-11(5,8-2)13-12(6,9-3)10-4/h7,9H,1,3,8,10H2,2,4-6H3. The minimum absolute atomic E-state index is 0.180. The summed E-state index contributed by atoms with van der Waals surface area (Å²) in [6, 6.07) is 0. The second-order valence-electron chi connectivity index (χ2n) is 3.84. The molecule has 0 saturated carbocycles. The molecule has 0 aliphatic heterocycles. The smallest absolute Gasteiger partial charge is 0.0314 e. The molecule has 0 aromatic rings. The molecule has 0 aromatic carbocycles. The predicted molar refractivity (Wildman–Crippen MR) is 65.4 cm³/mol. The summed E-state index contributed by atoms with van der Waals surface area (Å²) < 4.78 is 0.359. The van der Waals surface area contributed by atoms with Crippen LogP contribution in [-0.4, -0.2) is 9.49 Å². The molecule has 76 valence electrons. The Kier molecular flexibility index (Phi) is 4.83. The van der Waals surface area contributed by atoms with Crippen LogP contribution in [0.15, 0.2) is 25.3 Å². The zero-order valence-electron chi connectivity index (χ0n) is 9.39. The lowest BCUT2D eigenvalue weighted by Crippen LogP contribution is -2.26. The van der Waals surface area contributed by atoms with E-state index in [1.54, 1.807) is 0 Å². The van der Waals surface area contributed by atoms with Gasteiger partial charge in [0.05, 0.1) is 0 Å². The van der Waals surface area contributed by atoms with Crippen molar-refractivity contribution in [3.05, 3.63) is 25.3 Å². The van der Waals surface area contributed by atoms with Crippen LogP contribution in [0.3, 0.4) is 0 Å². The van der Waals surface area contributed by atoms with Gasteiger partial charge in [0.2, 0.25) is 0 Å². The molecule has 0 aromatic heterocycles. The molecule has 2 atom stereocenters. The monoisotopic (exact) mass is 198 g/mol. The van der Waals surface area contributed by atoms with Crippen LogP contribution in [-0.2, 0) is 0 Å². The van der Waals surface area contributed by atoms with Gasteiger partial charge in [-0.1, -0.05) is 26.0 Å². The van der Waals surface area contributed by atoms with Crippen LogP contribution in [0.5, 0.6) is 0 Å². The quantitative estimate of drug-likeness (QED) is 0.569. The summed E-state index contributed by atoms with van der Waals surface area (Å²) in [6.07, 6.45) is 6.33. The highest BCUT2D eigenvalue weighted by Gasteiger charge is 2.29. The van der Waals surface area contributed by atoms with E-state index < -0.39 is 0 Å². The van der Waals surface area contributed by atoms with Crippen molar-refractivity contribution in [1.29, 1.82) is 0 Å². The normalized spacial score (nSPS) is 20.0. The third-order valence-electron chi connectivity index (χ3n) is 2.73. The maximum Gasteiger partial charge on any atom is 0.0314 e. The van der Waals surface area contributed by atoms with Gasteiger partial charge in [-0.25, -0.2) is 0 Å². The fourth-order valence-electron chi connectivity index (χ4n) is 1.05. The molecular weight excluding hydrogens is 176 g/mol. The molecule has 0 heterocycles. The van der Waals surface area contributed by atoms with E-state index in [0.717, 1.165) is 12.8 Å². The van der Waals surface area contributed by atoms with E-state index in [2.05, 4.69) is 53.0 Å². The minimum atomic E-state index is 0.180. The summed E-state index contributed by atoms with van der Waals surface area (Å²) >= 11 is 1.96. The molecular formula is C12H22S. The van der Waals surface area contributed by atoms with E-state index in [4.69, 9.17) is 0 Å². The summed E-state index contributed by atoms with van der Waals surface area (Å²) in [5.74, 6) is 0. The minimum Gasteiger partial charge on any atom is -0.141 e. The average molecular weight is 198 g/mol. The lowest BCUT2D eigenvalue weighted by molar-refractivity contribution is 0.704. The molecule has 0 fully saturated rings. The third kappa shape index (κ3) is 3.60. The highest BCUT2D eigenvalue weighted by atomic mass is 32.2. The molecule has 0 nitrogen and oxygen atoms in total. The fourth-order valence-corrected chi connectivity index (χ4v) is 2.57. The van der Waals surface area contributed by atoms with Gasteiger partial charge in [0.1, 0.15) is 0 Å². The summed E-state index contributed by atoms with van der Waals surface area (Å²) in [5.41, 5.74) is 0. The van der Waals surface area contributed by atoms with Crippen molar-refractivity contribution in [3.63, 3.8) is 0 Å². The van der Waals surface area contributed by atoms with Gasteiger partial charge in [0, 0.05) is 9.49 Å². The second-order valence-corrected chi connectivity index (χ2v) is 5.91. The van der Waals surface area contributed by atoms with E-state index in [0.29, 0.717) is 0 Å². The van der Waals surface area contributed by atoms with Gasteiger partial charge < -0.3 is 0 Å². The van der Waals surface area contributed by atoms with Crippen molar-refractivity contribution in [2.24, 2.45) is 0 Å². The first-order chi connectivity index (χ1) is 5.95. The molecule has 0 N–H and O–H groups in total. The van der Waals surface area contributed by atoms with Crippen molar-refractivity contribution in [3.8, 4) is 0 Å². The van der Waals surface area contributed by atoms with Crippen LogP contribution in [0.2, 0.25) is 0 Å². The Morgan fingerprint density at radius 3 is 1.46 bits per heavy atom. The molecule has 2 unspecified atom stereocenters. The van der Waals surface area contributed by atoms with E-state index >= 15 is 0 Å². The van der Waals surface area contributed by atoms with Gasteiger partial charge in [0.15, 0.2) is 0 Å². The van der Waals surface area contributed by atoms with Crippen molar-refractivity contribution < 1.29 is 0 Å². The molecule has 0 aliphatic rings. The van der Waals surface area contributed by atoms with Gasteiger partial charge >= 0.3 is 0 Å². The topological polar surface area (TPSA) is 0 Å². The van der Waals surface area contributed by atoms with Crippen LogP contribution in [0.4, 0.5) is 0 Å². The van der Waals surface area contributed by atoms with Crippen LogP contribution in [0.1, 0.15) is 40.5 Å². The number of hydrogen-bond donors (Lipinski definition) is 0. The van der Waals surface area contributed by atoms with Crippen LogP contribution < -0.4 is 0 Å². The van der Waals surface area contributed by atoms with Crippen molar-refractivity contribution in [2.45, 2.75) is 50.0 Å². The van der Waals surface area contributed by atoms with Crippen molar-refractivity contribution >= 4 is 11.8 Å². The molecule has 1 heteroatoms. The Hall–Kier alpha value is -0.170. The Labute approximate surface area is 87.5 Å². The van der Waals surface area contributed by atoms with Gasteiger partial charge in [-0.15, -0.1) is 24.9 Å². The van der Waals surface area contributed by atoms with Crippen molar-refractivity contribution in [2.75, 3.05) is 0 Å². The van der Waals surface area contributed by atoms with Gasteiger partial charge in [0.25, 0.3) is 0 Å². The van der Waals surface area contributed by atoms with E-state index in [1.807, 2.05) is 11.8 Å². The molecule has 0 radical (unpaired) electrons. The summed E-state index contributed by atoms with van der Waals surface area (Å²) in [4.78, 5) is 0. The number of rotatable bonds is 6. The first-order valence-corrected chi connectivity index (χ1v) is 5.74. The maximum atomic E-state index is 3.90. The van der Waals surface area contributed by atoms with Crippen LogP contribution in [0.25, 0.3) is 0 Å². The molecule has 13 heavy (non-hydrogen) atoms. The lowest BCUT2D eigenvalue weighted by atomic mass is 10.1. The molecule has 0 aliphatic carbocycles. The first kappa shape index (κ1) is 12.8. The maximum absolute atomic E-state index is 3.90. The Bertz CT molecular complexity index is 166. The van der Waals surface area contributed by atoms with Gasteiger partial charge in [-0.05, 0) is 26.7 Å². The molecule has 0 spiro atoms. The van der Waals surface area contributed by atoms with Crippen LogP contribution >= 0.6 is 11.8 Å². The summed E-state index contributed by atoms with van der Waals surface area (Å²) in [6.45, 7) is 16.7. The highest BCUT2D eigenvalue weighted by Crippen LogP contribution is 2.42. The number of thioether (sulfide) groups is 1. The first-order valence-electron chi connectivity index (χ1n) is 4.92. The second kappa shape index (κ2) is 4.90. The van der Waals surface area contributed by atoms with Crippen molar-refractivity contribution in [1.82, 2.24) is 0 Å². The van der Waals surface area contributed by atoms with Gasteiger partial charge in [-0.3, -0.25) is 0 Å². The zero-order chi connectivity index (χ0) is 10.5. The van der Waals surface area contributed by atoms with E-state index in [1.165, 1.54) is 0 Å². The van der Waals surface area contributed by atoms with Crippen LogP contribution in [0, 0.1) is 0 Å². The molecule has 0 amide bonds. The fraction of sp³-hybridized carbons (Fsp3) is 0.667. The average Bonchev–Trinajstić information content (AvgIpc) is 2.17. The Morgan fingerprint density at radius 2 is 1.31 bits per heavy atom. The Morgan fingerprint density at radius 1 is 1.00 bits per heavy atom. The third-order valence-corrected chi connectivity index (χ3v) is 4.58.